The van der Waals surface area contributed by atoms with Crippen LogP contribution in [-0.4, -0.2) is 18.1 Å². The fourth-order valence-electron chi connectivity index (χ4n) is 0.686. The summed E-state index contributed by atoms with van der Waals surface area (Å²) in [5, 5.41) is 4.16. The monoisotopic (exact) mass is 143 g/mol. The molecule has 1 fully saturated rings. The molecule has 0 radical (unpaired) electrons. The zero-order chi connectivity index (χ0) is 6.69. The Morgan fingerprint density at radius 3 is 3.00 bits per heavy atom. The summed E-state index contributed by atoms with van der Waals surface area (Å²) in [6.07, 6.45) is 2.93. The van der Waals surface area contributed by atoms with Crippen LogP contribution in [0.5, 0.6) is 0 Å². The fourth-order valence-corrected chi connectivity index (χ4v) is 1.61. The van der Waals surface area contributed by atoms with E-state index in [0.29, 0.717) is 0 Å². The largest absolute Gasteiger partial charge is 0.370 e. The second-order valence-corrected chi connectivity index (χ2v) is 2.91. The van der Waals surface area contributed by atoms with Crippen LogP contribution in [0.3, 0.4) is 0 Å². The first kappa shape index (κ1) is 6.68. The lowest BCUT2D eigenvalue weighted by molar-refractivity contribution is -0.108. The summed E-state index contributed by atoms with van der Waals surface area (Å²) >= 11 is 1.69. The number of hydrogen-bond donors (Lipinski definition) is 1. The Bertz CT molecular complexity index is 144. The quantitative estimate of drug-likeness (QED) is 0.549. The van der Waals surface area contributed by atoms with E-state index < -0.39 is 0 Å². The van der Waals surface area contributed by atoms with Gasteiger partial charge in [-0.1, -0.05) is 6.08 Å². The van der Waals surface area contributed by atoms with Crippen LogP contribution in [0.1, 0.15) is 6.92 Å². The highest BCUT2D eigenvalue weighted by atomic mass is 32.2. The standard InChI is InChI=1S/C6H9NOS/c1-2-6-7-5(3-8)4-9-6/h2-3,5,7H,4H2,1H3. The molecule has 0 spiro atoms. The van der Waals surface area contributed by atoms with Crippen molar-refractivity contribution in [2.24, 2.45) is 0 Å². The van der Waals surface area contributed by atoms with Crippen LogP contribution in [0, 0.1) is 0 Å². The molecule has 1 aliphatic heterocycles. The van der Waals surface area contributed by atoms with E-state index in [4.69, 9.17) is 0 Å². The molecule has 0 saturated carbocycles. The minimum atomic E-state index is 0.0428. The summed E-state index contributed by atoms with van der Waals surface area (Å²) in [6, 6.07) is 0.0428. The maximum atomic E-state index is 10.2. The molecular weight excluding hydrogens is 134 g/mol. The predicted octanol–water partition coefficient (Wildman–Crippen LogP) is 0.752. The molecule has 2 nitrogen and oxygen atoms in total. The Kier molecular flexibility index (Phi) is 2.16. The third-order valence-electron chi connectivity index (χ3n) is 1.17. The third-order valence-corrected chi connectivity index (χ3v) is 2.36. The van der Waals surface area contributed by atoms with Crippen LogP contribution in [-0.2, 0) is 4.79 Å². The van der Waals surface area contributed by atoms with E-state index in [1.54, 1.807) is 11.8 Å². The normalized spacial score (nSPS) is 30.3. The number of carbonyl (C=O) groups is 1. The lowest BCUT2D eigenvalue weighted by Gasteiger charge is -1.97. The molecule has 9 heavy (non-hydrogen) atoms. The highest BCUT2D eigenvalue weighted by Gasteiger charge is 2.16. The number of allylic oxidation sites excluding steroid dienone is 1. The van der Waals surface area contributed by atoms with Crippen molar-refractivity contribution in [2.75, 3.05) is 5.75 Å². The van der Waals surface area contributed by atoms with Crippen molar-refractivity contribution in [3.8, 4) is 0 Å². The molecule has 1 aliphatic rings. The first-order valence-corrected chi connectivity index (χ1v) is 3.86. The Hall–Kier alpha value is -0.440. The molecule has 1 N–H and O–H groups in total. The molecule has 0 aromatic rings. The Morgan fingerprint density at radius 2 is 2.67 bits per heavy atom. The SMILES string of the molecule is CC=C1NC(C=O)CS1. The number of aldehydes is 1. The molecule has 0 amide bonds. The molecule has 1 unspecified atom stereocenters. The zero-order valence-corrected chi connectivity index (χ0v) is 6.07. The molecule has 0 aromatic carbocycles. The van der Waals surface area contributed by atoms with Gasteiger partial charge in [0.1, 0.15) is 6.29 Å². The maximum absolute atomic E-state index is 10.2. The van der Waals surface area contributed by atoms with Gasteiger partial charge < -0.3 is 10.1 Å². The van der Waals surface area contributed by atoms with Gasteiger partial charge in [0.05, 0.1) is 11.1 Å². The van der Waals surface area contributed by atoms with Gasteiger partial charge in [-0.3, -0.25) is 0 Å². The smallest absolute Gasteiger partial charge is 0.143 e. The zero-order valence-electron chi connectivity index (χ0n) is 5.26. The van der Waals surface area contributed by atoms with E-state index in [2.05, 4.69) is 5.32 Å². The van der Waals surface area contributed by atoms with Gasteiger partial charge in [-0.2, -0.15) is 0 Å². The van der Waals surface area contributed by atoms with Crippen LogP contribution in [0.25, 0.3) is 0 Å². The van der Waals surface area contributed by atoms with Crippen molar-refractivity contribution < 1.29 is 4.79 Å². The molecule has 1 atom stereocenters. The lowest BCUT2D eigenvalue weighted by Crippen LogP contribution is -2.23. The summed E-state index contributed by atoms with van der Waals surface area (Å²) in [5.74, 6) is 0.878. The van der Waals surface area contributed by atoms with Crippen molar-refractivity contribution >= 4 is 18.0 Å². The summed E-state index contributed by atoms with van der Waals surface area (Å²) < 4.78 is 0. The van der Waals surface area contributed by atoms with Crippen molar-refractivity contribution in [1.82, 2.24) is 5.32 Å². The Balaban J connectivity index is 2.46. The number of rotatable bonds is 1. The van der Waals surface area contributed by atoms with Crippen LogP contribution < -0.4 is 5.32 Å². The fraction of sp³-hybridized carbons (Fsp3) is 0.500. The van der Waals surface area contributed by atoms with Crippen molar-refractivity contribution in [3.05, 3.63) is 11.1 Å². The second-order valence-electron chi connectivity index (χ2n) is 1.85. The van der Waals surface area contributed by atoms with Crippen molar-refractivity contribution in [3.63, 3.8) is 0 Å². The van der Waals surface area contributed by atoms with Gasteiger partial charge in [-0.05, 0) is 6.92 Å². The average Bonchev–Trinajstić information content (AvgIpc) is 2.34. The van der Waals surface area contributed by atoms with E-state index in [1.165, 1.54) is 0 Å². The van der Waals surface area contributed by atoms with Crippen LogP contribution in [0.2, 0.25) is 0 Å². The molecule has 0 aliphatic carbocycles. The molecular formula is C6H9NOS. The van der Waals surface area contributed by atoms with E-state index in [9.17, 15) is 4.79 Å². The Morgan fingerprint density at radius 1 is 1.89 bits per heavy atom. The highest BCUT2D eigenvalue weighted by molar-refractivity contribution is 8.03. The second kappa shape index (κ2) is 2.92. The van der Waals surface area contributed by atoms with Gasteiger partial charge in [0, 0.05) is 5.75 Å². The van der Waals surface area contributed by atoms with Gasteiger partial charge in [-0.25, -0.2) is 0 Å². The summed E-state index contributed by atoms with van der Waals surface area (Å²) in [7, 11) is 0. The van der Waals surface area contributed by atoms with E-state index in [0.717, 1.165) is 17.1 Å². The van der Waals surface area contributed by atoms with Crippen LogP contribution in [0.15, 0.2) is 11.1 Å². The van der Waals surface area contributed by atoms with Gasteiger partial charge in [0.25, 0.3) is 0 Å². The molecule has 1 heterocycles. The van der Waals surface area contributed by atoms with Crippen molar-refractivity contribution in [2.45, 2.75) is 13.0 Å². The van der Waals surface area contributed by atoms with Gasteiger partial charge in [0.15, 0.2) is 0 Å². The molecule has 1 rings (SSSR count). The van der Waals surface area contributed by atoms with Crippen LogP contribution >= 0.6 is 11.8 Å². The number of carbonyl (C=O) groups excluding carboxylic acids is 1. The van der Waals surface area contributed by atoms with E-state index in [-0.39, 0.29) is 6.04 Å². The minimum Gasteiger partial charge on any atom is -0.370 e. The van der Waals surface area contributed by atoms with Crippen LogP contribution in [0.4, 0.5) is 0 Å². The third kappa shape index (κ3) is 1.48. The first-order chi connectivity index (χ1) is 4.36. The number of thioether (sulfide) groups is 1. The summed E-state index contributed by atoms with van der Waals surface area (Å²) in [4.78, 5) is 10.2. The molecule has 50 valence electrons. The average molecular weight is 143 g/mol. The van der Waals surface area contributed by atoms with E-state index >= 15 is 0 Å². The molecule has 1 saturated heterocycles. The van der Waals surface area contributed by atoms with E-state index in [1.807, 2.05) is 13.0 Å². The number of nitrogens with one attached hydrogen (secondary N) is 1. The van der Waals surface area contributed by atoms with Gasteiger partial charge in [-0.15, -0.1) is 11.8 Å². The summed E-state index contributed by atoms with van der Waals surface area (Å²) in [6.45, 7) is 1.96. The van der Waals surface area contributed by atoms with Gasteiger partial charge >= 0.3 is 0 Å². The Labute approximate surface area is 58.7 Å². The maximum Gasteiger partial charge on any atom is 0.143 e. The predicted molar refractivity (Wildman–Crippen MR) is 39.2 cm³/mol. The minimum absolute atomic E-state index is 0.0428. The van der Waals surface area contributed by atoms with Crippen molar-refractivity contribution in [1.29, 1.82) is 0 Å². The highest BCUT2D eigenvalue weighted by Crippen LogP contribution is 2.20. The molecule has 0 bridgehead atoms. The lowest BCUT2D eigenvalue weighted by atomic mass is 10.4. The summed E-state index contributed by atoms with van der Waals surface area (Å²) in [5.41, 5.74) is 0. The topological polar surface area (TPSA) is 29.1 Å². The number of hydrogen-bond acceptors (Lipinski definition) is 3. The molecule has 0 aromatic heterocycles. The molecule has 3 heteroatoms. The van der Waals surface area contributed by atoms with Gasteiger partial charge in [0.2, 0.25) is 0 Å². The first-order valence-electron chi connectivity index (χ1n) is 2.87.